The van der Waals surface area contributed by atoms with Crippen LogP contribution in [0.25, 0.3) is 0 Å². The molecule has 1 aromatic rings. The molecule has 0 saturated heterocycles. The Morgan fingerprint density at radius 1 is 0.750 bits per heavy atom. The molecule has 0 amide bonds. The number of halogens is 1. The molecule has 28 heavy (non-hydrogen) atoms. The van der Waals surface area contributed by atoms with Crippen molar-refractivity contribution >= 4 is 10.2 Å². The van der Waals surface area contributed by atoms with Crippen LogP contribution in [0.5, 0.6) is 0 Å². The summed E-state index contributed by atoms with van der Waals surface area (Å²) in [5, 5.41) is 0. The molecule has 1 aromatic carbocycles. The molecular weight excluding hydrogens is 359 g/mol. The Morgan fingerprint density at radius 2 is 1.21 bits per heavy atom. The molecule has 0 N–H and O–H groups in total. The smallest absolute Gasteiger partial charge is 0.126 e. The Hall–Kier alpha value is -0.633. The van der Waals surface area contributed by atoms with E-state index in [9.17, 15) is 4.39 Å². The molecule has 0 heterocycles. The van der Waals surface area contributed by atoms with Crippen molar-refractivity contribution in [2.24, 2.45) is 29.6 Å². The Balaban J connectivity index is 1.22. The van der Waals surface area contributed by atoms with E-state index in [0.29, 0.717) is 5.92 Å². The van der Waals surface area contributed by atoms with Gasteiger partial charge in [-0.1, -0.05) is 31.0 Å². The lowest BCUT2D eigenvalue weighted by atomic mass is 9.65. The maximum Gasteiger partial charge on any atom is 0.126 e. The highest BCUT2D eigenvalue weighted by Crippen LogP contribution is 2.47. The standard InChI is InChI=1S/C26H41FSi/c1-18-2-5-25(16-26(18)27)24-14-12-23(13-15-24)22-10-8-21(9-11-22)20-6-3-19(17-28)4-7-20/h2,5,16,19-24H,3-4,6-15,17H2,1,28H3. The van der Waals surface area contributed by atoms with Gasteiger partial charge in [0.25, 0.3) is 0 Å². The Kier molecular flexibility index (Phi) is 6.97. The van der Waals surface area contributed by atoms with Gasteiger partial charge >= 0.3 is 0 Å². The first-order chi connectivity index (χ1) is 13.6. The van der Waals surface area contributed by atoms with Crippen LogP contribution in [-0.2, 0) is 0 Å². The van der Waals surface area contributed by atoms with Gasteiger partial charge in [-0.2, -0.15) is 0 Å². The van der Waals surface area contributed by atoms with Crippen molar-refractivity contribution in [2.45, 2.75) is 95.9 Å². The minimum Gasteiger partial charge on any atom is -0.207 e. The van der Waals surface area contributed by atoms with Gasteiger partial charge in [0.2, 0.25) is 0 Å². The van der Waals surface area contributed by atoms with Gasteiger partial charge in [0, 0.05) is 10.2 Å². The lowest BCUT2D eigenvalue weighted by Gasteiger charge is -2.41. The zero-order valence-electron chi connectivity index (χ0n) is 18.3. The van der Waals surface area contributed by atoms with Gasteiger partial charge in [0.05, 0.1) is 0 Å². The molecule has 0 aromatic heterocycles. The summed E-state index contributed by atoms with van der Waals surface area (Å²) in [6, 6.07) is 7.48. The van der Waals surface area contributed by atoms with Gasteiger partial charge in [-0.3, -0.25) is 0 Å². The van der Waals surface area contributed by atoms with E-state index in [4.69, 9.17) is 0 Å². The molecule has 4 rings (SSSR count). The number of hydrogen-bond acceptors (Lipinski definition) is 0. The van der Waals surface area contributed by atoms with Gasteiger partial charge in [-0.15, -0.1) is 0 Å². The van der Waals surface area contributed by atoms with E-state index < -0.39 is 0 Å². The SMILES string of the molecule is Cc1ccc(C2CCC(C3CCC(C4CCC(C[SiH3])CC4)CC3)CC2)cc1F. The molecule has 3 saturated carbocycles. The first-order valence-corrected chi connectivity index (χ1v) is 13.8. The Labute approximate surface area is 175 Å². The molecule has 0 aliphatic heterocycles. The molecule has 0 atom stereocenters. The highest BCUT2D eigenvalue weighted by molar-refractivity contribution is 6.08. The molecule has 3 aliphatic rings. The van der Waals surface area contributed by atoms with Crippen LogP contribution in [0.15, 0.2) is 18.2 Å². The third-order valence-corrected chi connectivity index (χ3v) is 10.2. The number of aryl methyl sites for hydroxylation is 1. The molecule has 0 nitrogen and oxygen atoms in total. The van der Waals surface area contributed by atoms with Gasteiger partial charge in [-0.25, -0.2) is 4.39 Å². The maximum atomic E-state index is 13.9. The number of benzene rings is 1. The predicted octanol–water partition coefficient (Wildman–Crippen LogP) is 6.80. The third kappa shape index (κ3) is 4.74. The fraction of sp³-hybridized carbons (Fsp3) is 0.769. The van der Waals surface area contributed by atoms with E-state index in [1.54, 1.807) is 18.9 Å². The summed E-state index contributed by atoms with van der Waals surface area (Å²) >= 11 is 0. The lowest BCUT2D eigenvalue weighted by molar-refractivity contribution is 0.112. The molecule has 0 radical (unpaired) electrons. The van der Waals surface area contributed by atoms with Gasteiger partial charge in [-0.05, 0) is 124 Å². The lowest BCUT2D eigenvalue weighted by Crippen LogP contribution is -2.29. The molecule has 3 aliphatic carbocycles. The molecule has 2 heteroatoms. The Morgan fingerprint density at radius 3 is 1.68 bits per heavy atom. The monoisotopic (exact) mass is 400 g/mol. The van der Waals surface area contributed by atoms with Crippen LogP contribution in [0.4, 0.5) is 4.39 Å². The van der Waals surface area contributed by atoms with Crippen molar-refractivity contribution < 1.29 is 4.39 Å². The van der Waals surface area contributed by atoms with E-state index in [2.05, 4.69) is 6.07 Å². The van der Waals surface area contributed by atoms with Crippen molar-refractivity contribution in [2.75, 3.05) is 0 Å². The van der Waals surface area contributed by atoms with E-state index in [0.717, 1.165) is 35.2 Å². The van der Waals surface area contributed by atoms with Crippen molar-refractivity contribution in [1.82, 2.24) is 0 Å². The molecule has 0 unspecified atom stereocenters. The first kappa shape index (κ1) is 20.6. The summed E-state index contributed by atoms with van der Waals surface area (Å²) in [6.07, 6.45) is 17.5. The second-order valence-electron chi connectivity index (χ2n) is 10.5. The van der Waals surface area contributed by atoms with Gasteiger partial charge in [0.1, 0.15) is 5.82 Å². The predicted molar refractivity (Wildman–Crippen MR) is 121 cm³/mol. The van der Waals surface area contributed by atoms with Crippen LogP contribution in [0, 0.1) is 42.3 Å². The highest BCUT2D eigenvalue weighted by atomic mass is 28.1. The number of rotatable bonds is 4. The minimum atomic E-state index is -0.0204. The minimum absolute atomic E-state index is 0.0204. The summed E-state index contributed by atoms with van der Waals surface area (Å²) < 4.78 is 13.9. The van der Waals surface area contributed by atoms with E-state index in [1.807, 2.05) is 13.0 Å². The summed E-state index contributed by atoms with van der Waals surface area (Å²) in [5.74, 6) is 5.73. The second-order valence-corrected chi connectivity index (χ2v) is 11.3. The van der Waals surface area contributed by atoms with Crippen molar-refractivity contribution in [3.05, 3.63) is 35.1 Å². The number of hydrogen-bond donors (Lipinski definition) is 0. The van der Waals surface area contributed by atoms with E-state index in [-0.39, 0.29) is 5.82 Å². The molecule has 0 bridgehead atoms. The second kappa shape index (κ2) is 9.45. The zero-order valence-corrected chi connectivity index (χ0v) is 20.3. The van der Waals surface area contributed by atoms with E-state index >= 15 is 0 Å². The fourth-order valence-corrected chi connectivity index (χ4v) is 7.76. The van der Waals surface area contributed by atoms with Crippen LogP contribution in [0.2, 0.25) is 6.04 Å². The molecular formula is C26H41FSi. The summed E-state index contributed by atoms with van der Waals surface area (Å²) in [4.78, 5) is 0. The van der Waals surface area contributed by atoms with Crippen molar-refractivity contribution in [1.29, 1.82) is 0 Å². The zero-order chi connectivity index (χ0) is 19.5. The van der Waals surface area contributed by atoms with Crippen LogP contribution >= 0.6 is 0 Å². The van der Waals surface area contributed by atoms with Crippen LogP contribution in [0.3, 0.4) is 0 Å². The average molecular weight is 401 g/mol. The maximum absolute atomic E-state index is 13.9. The fourth-order valence-electron chi connectivity index (χ4n) is 6.94. The molecule has 3 fully saturated rings. The normalized spacial score (nSPS) is 37.1. The summed E-state index contributed by atoms with van der Waals surface area (Å²) in [6.45, 7) is 1.86. The first-order valence-electron chi connectivity index (χ1n) is 12.4. The third-order valence-electron chi connectivity index (χ3n) is 9.06. The quantitative estimate of drug-likeness (QED) is 0.487. The highest BCUT2D eigenvalue weighted by Gasteiger charge is 2.34. The van der Waals surface area contributed by atoms with E-state index in [1.165, 1.54) is 86.1 Å². The van der Waals surface area contributed by atoms with Crippen LogP contribution < -0.4 is 0 Å². The largest absolute Gasteiger partial charge is 0.207 e. The molecule has 156 valence electrons. The topological polar surface area (TPSA) is 0 Å². The Bertz CT molecular complexity index is 617. The van der Waals surface area contributed by atoms with Crippen LogP contribution in [0.1, 0.15) is 94.1 Å². The summed E-state index contributed by atoms with van der Waals surface area (Å²) in [7, 11) is 1.40. The van der Waals surface area contributed by atoms with Gasteiger partial charge in [0.15, 0.2) is 0 Å². The molecule has 0 spiro atoms. The van der Waals surface area contributed by atoms with Crippen molar-refractivity contribution in [3.63, 3.8) is 0 Å². The van der Waals surface area contributed by atoms with Crippen molar-refractivity contribution in [3.8, 4) is 0 Å². The summed E-state index contributed by atoms with van der Waals surface area (Å²) in [5.41, 5.74) is 2.02. The van der Waals surface area contributed by atoms with Gasteiger partial charge < -0.3 is 0 Å². The van der Waals surface area contributed by atoms with Crippen LogP contribution in [-0.4, -0.2) is 10.2 Å². The average Bonchev–Trinajstić information content (AvgIpc) is 2.76.